The molecule has 0 aliphatic carbocycles. The minimum Gasteiger partial charge on any atom is -0.462 e. The van der Waals surface area contributed by atoms with Gasteiger partial charge in [-0.2, -0.15) is 0 Å². The van der Waals surface area contributed by atoms with Crippen LogP contribution in [0.25, 0.3) is 0 Å². The summed E-state index contributed by atoms with van der Waals surface area (Å²) in [5.74, 6) is -0.365. The number of hydrogen-bond donors (Lipinski definition) is 0. The van der Waals surface area contributed by atoms with Crippen molar-refractivity contribution in [3.63, 3.8) is 0 Å². The van der Waals surface area contributed by atoms with Gasteiger partial charge in [0, 0.05) is 12.8 Å². The van der Waals surface area contributed by atoms with Crippen molar-refractivity contribution in [2.24, 2.45) is 0 Å². The number of carbonyl (C=O) groups excluding carboxylic acids is 2. The second kappa shape index (κ2) is 34.9. The number of ether oxygens (including phenoxy) is 2. The zero-order valence-corrected chi connectivity index (χ0v) is 29.0. The first-order valence-corrected chi connectivity index (χ1v) is 18.7. The molecule has 0 bridgehead atoms. The first kappa shape index (κ1) is 41.4. The van der Waals surface area contributed by atoms with Crippen molar-refractivity contribution in [1.29, 1.82) is 0 Å². The molecule has 4 nitrogen and oxygen atoms in total. The topological polar surface area (TPSA) is 52.6 Å². The Morgan fingerprint density at radius 2 is 0.791 bits per heavy atom. The molecule has 0 saturated heterocycles. The standard InChI is InChI=1S/C39H72O4/c1-4-6-8-10-12-14-16-18-20-22-24-26-28-30-32-34-38(40)42-36-37(3)43-39(41)35-33-31-29-27-25-23-21-19-17-15-13-11-9-7-5-2/h18-21,37H,4-17,22-36H2,1-3H3/b20-18-,21-19-. The summed E-state index contributed by atoms with van der Waals surface area (Å²) >= 11 is 0. The molecule has 0 fully saturated rings. The van der Waals surface area contributed by atoms with E-state index in [1.165, 1.54) is 141 Å². The Morgan fingerprint density at radius 1 is 0.465 bits per heavy atom. The molecule has 252 valence electrons. The molecule has 0 aromatic rings. The lowest BCUT2D eigenvalue weighted by Crippen LogP contribution is -2.22. The third-order valence-corrected chi connectivity index (χ3v) is 8.10. The zero-order chi connectivity index (χ0) is 31.5. The lowest BCUT2D eigenvalue weighted by molar-refractivity contribution is -0.158. The van der Waals surface area contributed by atoms with Crippen molar-refractivity contribution < 1.29 is 19.1 Å². The molecule has 0 heterocycles. The summed E-state index contributed by atoms with van der Waals surface area (Å²) in [5, 5.41) is 0. The van der Waals surface area contributed by atoms with Crippen LogP contribution in [0.2, 0.25) is 0 Å². The molecule has 0 saturated carbocycles. The normalized spacial score (nSPS) is 12.3. The minimum absolute atomic E-state index is 0.155. The molecule has 0 aliphatic heterocycles. The fraction of sp³-hybridized carbons (Fsp3) is 0.846. The van der Waals surface area contributed by atoms with Crippen LogP contribution in [0.3, 0.4) is 0 Å². The Labute approximate surface area is 268 Å². The predicted molar refractivity (Wildman–Crippen MR) is 185 cm³/mol. The van der Waals surface area contributed by atoms with Crippen molar-refractivity contribution in [2.45, 2.75) is 207 Å². The first-order valence-electron chi connectivity index (χ1n) is 18.7. The van der Waals surface area contributed by atoms with Gasteiger partial charge in [-0.3, -0.25) is 9.59 Å². The molecule has 4 heteroatoms. The first-order chi connectivity index (χ1) is 21.1. The highest BCUT2D eigenvalue weighted by Gasteiger charge is 2.12. The largest absolute Gasteiger partial charge is 0.462 e. The Balaban J connectivity index is 3.46. The molecule has 43 heavy (non-hydrogen) atoms. The van der Waals surface area contributed by atoms with Gasteiger partial charge in [0.2, 0.25) is 0 Å². The van der Waals surface area contributed by atoms with Crippen molar-refractivity contribution in [3.8, 4) is 0 Å². The van der Waals surface area contributed by atoms with E-state index in [-0.39, 0.29) is 24.6 Å². The van der Waals surface area contributed by atoms with Crippen molar-refractivity contribution in [2.75, 3.05) is 6.61 Å². The fourth-order valence-electron chi connectivity index (χ4n) is 5.28. The highest BCUT2D eigenvalue weighted by molar-refractivity contribution is 5.70. The van der Waals surface area contributed by atoms with Crippen LogP contribution in [0.15, 0.2) is 24.3 Å². The van der Waals surface area contributed by atoms with Gasteiger partial charge >= 0.3 is 11.9 Å². The van der Waals surface area contributed by atoms with Gasteiger partial charge in [0.05, 0.1) is 0 Å². The Bertz CT molecular complexity index is 654. The van der Waals surface area contributed by atoms with E-state index in [1.54, 1.807) is 6.92 Å². The van der Waals surface area contributed by atoms with Gasteiger partial charge in [-0.1, -0.05) is 141 Å². The van der Waals surface area contributed by atoms with E-state index in [2.05, 4.69) is 38.2 Å². The molecule has 0 aromatic carbocycles. The zero-order valence-electron chi connectivity index (χ0n) is 29.0. The molecule has 1 atom stereocenters. The highest BCUT2D eigenvalue weighted by Crippen LogP contribution is 2.12. The van der Waals surface area contributed by atoms with Crippen LogP contribution >= 0.6 is 0 Å². The van der Waals surface area contributed by atoms with E-state index >= 15 is 0 Å². The lowest BCUT2D eigenvalue weighted by atomic mass is 10.1. The third kappa shape index (κ3) is 34.8. The molecule has 0 radical (unpaired) electrons. The summed E-state index contributed by atoms with van der Waals surface area (Å²) < 4.78 is 10.7. The van der Waals surface area contributed by atoms with Crippen LogP contribution < -0.4 is 0 Å². The molecule has 0 aliphatic rings. The van der Waals surface area contributed by atoms with E-state index < -0.39 is 0 Å². The van der Waals surface area contributed by atoms with E-state index in [9.17, 15) is 9.59 Å². The monoisotopic (exact) mass is 605 g/mol. The number of carbonyl (C=O) groups is 2. The summed E-state index contributed by atoms with van der Waals surface area (Å²) in [4.78, 5) is 24.1. The van der Waals surface area contributed by atoms with E-state index in [4.69, 9.17) is 9.47 Å². The van der Waals surface area contributed by atoms with E-state index in [0.717, 1.165) is 25.7 Å². The lowest BCUT2D eigenvalue weighted by Gasteiger charge is -2.13. The van der Waals surface area contributed by atoms with Crippen LogP contribution in [0.1, 0.15) is 201 Å². The van der Waals surface area contributed by atoms with E-state index in [0.29, 0.717) is 12.8 Å². The molecule has 0 amide bonds. The van der Waals surface area contributed by atoms with Gasteiger partial charge in [0.1, 0.15) is 12.7 Å². The quantitative estimate of drug-likeness (QED) is 0.0425. The van der Waals surface area contributed by atoms with E-state index in [1.807, 2.05) is 0 Å². The van der Waals surface area contributed by atoms with Gasteiger partial charge in [-0.15, -0.1) is 0 Å². The average molecular weight is 605 g/mol. The molecule has 0 N–H and O–H groups in total. The number of unbranched alkanes of at least 4 members (excludes halogenated alkanes) is 22. The molecule has 0 rings (SSSR count). The summed E-state index contributed by atoms with van der Waals surface area (Å²) in [6, 6.07) is 0. The second-order valence-corrected chi connectivity index (χ2v) is 12.7. The summed E-state index contributed by atoms with van der Waals surface area (Å²) in [7, 11) is 0. The SMILES string of the molecule is CCCCCCCC/C=C\CCCCCCCC(=O)OCC(C)OC(=O)CCCCCCC/C=C\CCCCCCCC. The molecular weight excluding hydrogens is 532 g/mol. The van der Waals surface area contributed by atoms with Crippen molar-refractivity contribution in [3.05, 3.63) is 24.3 Å². The molecular formula is C39H72O4. The Morgan fingerprint density at radius 3 is 1.19 bits per heavy atom. The van der Waals surface area contributed by atoms with Gasteiger partial charge in [0.15, 0.2) is 0 Å². The van der Waals surface area contributed by atoms with Crippen molar-refractivity contribution >= 4 is 11.9 Å². The van der Waals surface area contributed by atoms with Gasteiger partial charge in [-0.05, 0) is 71.1 Å². The fourth-order valence-corrected chi connectivity index (χ4v) is 5.28. The predicted octanol–water partition coefficient (Wildman–Crippen LogP) is 12.5. The maximum atomic E-state index is 12.1. The number of allylic oxidation sites excluding steroid dienone is 4. The van der Waals surface area contributed by atoms with Crippen LogP contribution in [0.4, 0.5) is 0 Å². The molecule has 1 unspecified atom stereocenters. The maximum Gasteiger partial charge on any atom is 0.306 e. The van der Waals surface area contributed by atoms with Gasteiger partial charge < -0.3 is 9.47 Å². The van der Waals surface area contributed by atoms with Gasteiger partial charge in [0.25, 0.3) is 0 Å². The van der Waals surface area contributed by atoms with Crippen molar-refractivity contribution in [1.82, 2.24) is 0 Å². The summed E-state index contributed by atoms with van der Waals surface area (Å²) in [6.07, 6.45) is 42.2. The average Bonchev–Trinajstić information content (AvgIpc) is 3.00. The Kier molecular flexibility index (Phi) is 33.6. The summed E-state index contributed by atoms with van der Waals surface area (Å²) in [5.41, 5.74) is 0. The van der Waals surface area contributed by atoms with Crippen LogP contribution in [0, 0.1) is 0 Å². The second-order valence-electron chi connectivity index (χ2n) is 12.7. The van der Waals surface area contributed by atoms with Crippen LogP contribution in [-0.4, -0.2) is 24.6 Å². The van der Waals surface area contributed by atoms with Gasteiger partial charge in [-0.25, -0.2) is 0 Å². The number of esters is 2. The maximum absolute atomic E-state index is 12.1. The van der Waals surface area contributed by atoms with Crippen LogP contribution in [0.5, 0.6) is 0 Å². The third-order valence-electron chi connectivity index (χ3n) is 8.10. The smallest absolute Gasteiger partial charge is 0.306 e. The highest BCUT2D eigenvalue weighted by atomic mass is 16.6. The van der Waals surface area contributed by atoms with Crippen LogP contribution in [-0.2, 0) is 19.1 Å². The number of rotatable bonds is 33. The summed E-state index contributed by atoms with van der Waals surface area (Å²) in [6.45, 7) is 6.48. The molecule has 0 spiro atoms. The Hall–Kier alpha value is -1.58. The molecule has 0 aromatic heterocycles. The minimum atomic E-state index is -0.381. The number of hydrogen-bond acceptors (Lipinski definition) is 4.